The number of rotatable bonds is 7. The second kappa shape index (κ2) is 9.67. The van der Waals surface area contributed by atoms with E-state index in [2.05, 4.69) is 10.6 Å². The number of likely N-dealkylation sites (N-methyl/N-ethyl adjacent to an activating group) is 1. The Morgan fingerprint density at radius 3 is 2.50 bits per heavy atom. The zero-order valence-corrected chi connectivity index (χ0v) is 11.2. The molecule has 0 rings (SSSR count). The number of nitrogens with zero attached hydrogens (tertiary/aromatic N) is 1. The Morgan fingerprint density at radius 2 is 1.94 bits per heavy atom. The highest BCUT2D eigenvalue weighted by Gasteiger charge is 2.14. The van der Waals surface area contributed by atoms with Crippen LogP contribution >= 0.6 is 11.6 Å². The number of urea groups is 1. The SMILES string of the molecule is COCCNC(=O)CN(C)C(=O)NC(=O)CCCl. The van der Waals surface area contributed by atoms with E-state index in [1.54, 1.807) is 0 Å². The number of ether oxygens (including phenoxy) is 1. The van der Waals surface area contributed by atoms with Crippen molar-refractivity contribution in [1.29, 1.82) is 0 Å². The highest BCUT2D eigenvalue weighted by atomic mass is 35.5. The van der Waals surface area contributed by atoms with Gasteiger partial charge in [0.2, 0.25) is 11.8 Å². The first-order chi connectivity index (χ1) is 8.51. The van der Waals surface area contributed by atoms with Gasteiger partial charge in [0.15, 0.2) is 0 Å². The van der Waals surface area contributed by atoms with Crippen molar-refractivity contribution in [2.24, 2.45) is 0 Å². The number of alkyl halides is 1. The van der Waals surface area contributed by atoms with Crippen LogP contribution in [0.2, 0.25) is 0 Å². The van der Waals surface area contributed by atoms with Crippen LogP contribution in [0.5, 0.6) is 0 Å². The summed E-state index contributed by atoms with van der Waals surface area (Å²) >= 11 is 5.35. The number of imide groups is 1. The van der Waals surface area contributed by atoms with Crippen molar-refractivity contribution in [1.82, 2.24) is 15.5 Å². The molecule has 0 spiro atoms. The standard InChI is InChI=1S/C10H18ClN3O4/c1-14(7-9(16)12-5-6-18-2)10(17)13-8(15)3-4-11/h3-7H2,1-2H3,(H,12,16)(H,13,15,17). The van der Waals surface area contributed by atoms with Crippen LogP contribution in [0.1, 0.15) is 6.42 Å². The molecule has 0 aromatic carbocycles. The molecule has 104 valence electrons. The molecule has 0 saturated heterocycles. The summed E-state index contributed by atoms with van der Waals surface area (Å²) in [5, 5.41) is 4.67. The average Bonchev–Trinajstić information content (AvgIpc) is 2.29. The van der Waals surface area contributed by atoms with Gasteiger partial charge in [-0.3, -0.25) is 14.9 Å². The summed E-state index contributed by atoms with van der Waals surface area (Å²) in [6.07, 6.45) is 0.0567. The first-order valence-corrected chi connectivity index (χ1v) is 5.91. The molecular weight excluding hydrogens is 262 g/mol. The van der Waals surface area contributed by atoms with E-state index < -0.39 is 11.9 Å². The Hall–Kier alpha value is -1.34. The molecule has 0 aliphatic heterocycles. The van der Waals surface area contributed by atoms with Gasteiger partial charge in [0.25, 0.3) is 0 Å². The molecule has 0 saturated carbocycles. The Bertz CT molecular complexity index is 299. The predicted molar refractivity (Wildman–Crippen MR) is 66.4 cm³/mol. The summed E-state index contributed by atoms with van der Waals surface area (Å²) in [6.45, 7) is 0.634. The molecule has 7 nitrogen and oxygen atoms in total. The quantitative estimate of drug-likeness (QED) is 0.488. The third-order valence-electron chi connectivity index (χ3n) is 1.92. The van der Waals surface area contributed by atoms with Gasteiger partial charge >= 0.3 is 6.03 Å². The van der Waals surface area contributed by atoms with Gasteiger partial charge in [0, 0.05) is 33.0 Å². The van der Waals surface area contributed by atoms with Crippen molar-refractivity contribution in [3.63, 3.8) is 0 Å². The van der Waals surface area contributed by atoms with Crippen LogP contribution in [-0.4, -0.2) is 62.5 Å². The largest absolute Gasteiger partial charge is 0.383 e. The van der Waals surface area contributed by atoms with Gasteiger partial charge in [-0.25, -0.2) is 4.79 Å². The topological polar surface area (TPSA) is 87.7 Å². The lowest BCUT2D eigenvalue weighted by molar-refractivity contribution is -0.122. The lowest BCUT2D eigenvalue weighted by atomic mass is 10.4. The smallest absolute Gasteiger partial charge is 0.324 e. The summed E-state index contributed by atoms with van der Waals surface area (Å²) in [5.41, 5.74) is 0. The van der Waals surface area contributed by atoms with Gasteiger partial charge in [-0.2, -0.15) is 0 Å². The van der Waals surface area contributed by atoms with Crippen molar-refractivity contribution in [2.75, 3.05) is 39.7 Å². The first kappa shape index (κ1) is 16.7. The second-order valence-corrected chi connectivity index (χ2v) is 3.87. The van der Waals surface area contributed by atoms with Gasteiger partial charge in [-0.1, -0.05) is 0 Å². The van der Waals surface area contributed by atoms with E-state index in [0.29, 0.717) is 13.2 Å². The summed E-state index contributed by atoms with van der Waals surface area (Å²) in [7, 11) is 2.94. The number of amides is 4. The van der Waals surface area contributed by atoms with Gasteiger partial charge < -0.3 is 15.0 Å². The molecule has 0 fully saturated rings. The van der Waals surface area contributed by atoms with Crippen molar-refractivity contribution in [2.45, 2.75) is 6.42 Å². The number of carbonyl (C=O) groups is 3. The number of nitrogens with one attached hydrogen (secondary N) is 2. The summed E-state index contributed by atoms with van der Waals surface area (Å²) < 4.78 is 4.76. The number of methoxy groups -OCH3 is 1. The third-order valence-corrected chi connectivity index (χ3v) is 2.11. The van der Waals surface area contributed by atoms with E-state index in [1.165, 1.54) is 14.2 Å². The number of hydrogen-bond donors (Lipinski definition) is 2. The average molecular weight is 280 g/mol. The van der Waals surface area contributed by atoms with Crippen LogP contribution in [0, 0.1) is 0 Å². The van der Waals surface area contributed by atoms with Crippen LogP contribution in [0.15, 0.2) is 0 Å². The fourth-order valence-electron chi connectivity index (χ4n) is 0.999. The van der Waals surface area contributed by atoms with E-state index in [0.717, 1.165) is 4.90 Å². The van der Waals surface area contributed by atoms with Gasteiger partial charge in [0.1, 0.15) is 6.54 Å². The molecule has 4 amide bonds. The van der Waals surface area contributed by atoms with E-state index >= 15 is 0 Å². The van der Waals surface area contributed by atoms with E-state index in [-0.39, 0.29) is 24.8 Å². The molecule has 0 heterocycles. The zero-order valence-electron chi connectivity index (χ0n) is 10.5. The fraction of sp³-hybridized carbons (Fsp3) is 0.700. The van der Waals surface area contributed by atoms with Crippen LogP contribution in [0.25, 0.3) is 0 Å². The zero-order chi connectivity index (χ0) is 14.0. The molecule has 18 heavy (non-hydrogen) atoms. The Balaban J connectivity index is 3.92. The minimum Gasteiger partial charge on any atom is -0.383 e. The maximum atomic E-state index is 11.4. The van der Waals surface area contributed by atoms with Gasteiger partial charge in [-0.05, 0) is 0 Å². The van der Waals surface area contributed by atoms with E-state index in [1.807, 2.05) is 0 Å². The monoisotopic (exact) mass is 279 g/mol. The van der Waals surface area contributed by atoms with Crippen LogP contribution < -0.4 is 10.6 Å². The molecule has 8 heteroatoms. The van der Waals surface area contributed by atoms with E-state index in [9.17, 15) is 14.4 Å². The molecule has 0 aliphatic carbocycles. The minimum absolute atomic E-state index is 0.0567. The maximum absolute atomic E-state index is 11.4. The molecular formula is C10H18ClN3O4. The maximum Gasteiger partial charge on any atom is 0.324 e. The molecule has 0 atom stereocenters. The summed E-state index contributed by atoms with van der Waals surface area (Å²) in [6, 6.07) is -0.632. The number of halogens is 1. The third kappa shape index (κ3) is 7.86. The molecule has 0 radical (unpaired) electrons. The second-order valence-electron chi connectivity index (χ2n) is 3.49. The predicted octanol–water partition coefficient (Wildman–Crippen LogP) is -0.454. The minimum atomic E-state index is -0.632. The first-order valence-electron chi connectivity index (χ1n) is 5.37. The Labute approximate surface area is 111 Å². The van der Waals surface area contributed by atoms with Gasteiger partial charge in [0.05, 0.1) is 6.61 Å². The Morgan fingerprint density at radius 1 is 1.28 bits per heavy atom. The number of hydrogen-bond acceptors (Lipinski definition) is 4. The normalized spacial score (nSPS) is 9.72. The highest BCUT2D eigenvalue weighted by Crippen LogP contribution is 1.88. The lowest BCUT2D eigenvalue weighted by Gasteiger charge is -2.16. The highest BCUT2D eigenvalue weighted by molar-refractivity contribution is 6.19. The molecule has 2 N–H and O–H groups in total. The summed E-state index contributed by atoms with van der Waals surface area (Å²) in [4.78, 5) is 35.0. The van der Waals surface area contributed by atoms with Crippen molar-refractivity contribution >= 4 is 29.4 Å². The number of carbonyl (C=O) groups excluding carboxylic acids is 3. The fourth-order valence-corrected chi connectivity index (χ4v) is 1.17. The molecule has 0 aliphatic rings. The van der Waals surface area contributed by atoms with Crippen molar-refractivity contribution in [3.05, 3.63) is 0 Å². The van der Waals surface area contributed by atoms with Crippen molar-refractivity contribution < 1.29 is 19.1 Å². The van der Waals surface area contributed by atoms with Crippen LogP contribution in [0.4, 0.5) is 4.79 Å². The van der Waals surface area contributed by atoms with Crippen LogP contribution in [0.3, 0.4) is 0 Å². The van der Waals surface area contributed by atoms with E-state index in [4.69, 9.17) is 16.3 Å². The van der Waals surface area contributed by atoms with Gasteiger partial charge in [-0.15, -0.1) is 11.6 Å². The summed E-state index contributed by atoms with van der Waals surface area (Å²) in [5.74, 6) is -0.656. The molecule has 0 aromatic rings. The molecule has 0 aromatic heterocycles. The Kier molecular flexibility index (Phi) is 8.95. The van der Waals surface area contributed by atoms with Crippen molar-refractivity contribution in [3.8, 4) is 0 Å². The van der Waals surface area contributed by atoms with Crippen LogP contribution in [-0.2, 0) is 14.3 Å². The lowest BCUT2D eigenvalue weighted by Crippen LogP contribution is -2.45. The molecule has 0 unspecified atom stereocenters. The molecule has 0 bridgehead atoms.